The molecule has 23 heavy (non-hydrogen) atoms. The first-order valence-electron chi connectivity index (χ1n) is 8.41. The number of benzene rings is 1. The van der Waals surface area contributed by atoms with Crippen molar-refractivity contribution in [3.8, 4) is 0 Å². The zero-order chi connectivity index (χ0) is 16.2. The smallest absolute Gasteiger partial charge is 0.249 e. The highest BCUT2D eigenvalue weighted by atomic mass is 19.1. The summed E-state index contributed by atoms with van der Waals surface area (Å²) in [5.41, 5.74) is 0.562. The molecule has 2 fully saturated rings. The lowest BCUT2D eigenvalue weighted by Crippen LogP contribution is -2.38. The van der Waals surface area contributed by atoms with Crippen molar-refractivity contribution in [1.82, 2.24) is 4.90 Å². The van der Waals surface area contributed by atoms with E-state index in [4.69, 9.17) is 9.47 Å². The van der Waals surface area contributed by atoms with E-state index in [1.807, 2.05) is 6.92 Å². The summed E-state index contributed by atoms with van der Waals surface area (Å²) >= 11 is 0. The molecular weight excluding hydrogens is 297 g/mol. The maximum Gasteiger partial charge on any atom is 0.249 e. The average Bonchev–Trinajstić information content (AvgIpc) is 3.22. The van der Waals surface area contributed by atoms with E-state index in [2.05, 4.69) is 0 Å². The zero-order valence-corrected chi connectivity index (χ0v) is 13.5. The van der Waals surface area contributed by atoms with Gasteiger partial charge in [-0.3, -0.25) is 4.79 Å². The van der Waals surface area contributed by atoms with Crippen LogP contribution in [0.15, 0.2) is 24.3 Å². The molecule has 1 amide bonds. The van der Waals surface area contributed by atoms with Crippen molar-refractivity contribution in [2.24, 2.45) is 0 Å². The summed E-state index contributed by atoms with van der Waals surface area (Å²) in [4.78, 5) is 14.3. The Morgan fingerprint density at radius 2 is 2.17 bits per heavy atom. The van der Waals surface area contributed by atoms with Gasteiger partial charge in [0.1, 0.15) is 12.4 Å². The second kappa shape index (κ2) is 7.41. The molecule has 3 rings (SSSR count). The molecule has 1 aliphatic carbocycles. The maximum absolute atomic E-state index is 14.0. The first-order valence-corrected chi connectivity index (χ1v) is 8.41. The van der Waals surface area contributed by atoms with Crippen LogP contribution in [0.1, 0.15) is 44.2 Å². The summed E-state index contributed by atoms with van der Waals surface area (Å²) in [6.45, 7) is 3.16. The Bertz CT molecular complexity index is 541. The first kappa shape index (κ1) is 16.4. The molecule has 126 valence electrons. The molecule has 0 aromatic heterocycles. The zero-order valence-electron chi connectivity index (χ0n) is 13.5. The molecule has 4 nitrogen and oxygen atoms in total. The topological polar surface area (TPSA) is 38.8 Å². The highest BCUT2D eigenvalue weighted by molar-refractivity contribution is 5.78. The van der Waals surface area contributed by atoms with E-state index < -0.39 is 0 Å². The highest BCUT2D eigenvalue weighted by Crippen LogP contribution is 2.35. The minimum atomic E-state index is -0.275. The molecule has 1 saturated carbocycles. The average molecular weight is 321 g/mol. The number of carbonyl (C=O) groups excluding carboxylic acids is 1. The molecule has 1 saturated heterocycles. The number of rotatable bonds is 7. The predicted octanol–water partition coefficient (Wildman–Crippen LogP) is 3.07. The number of nitrogens with zero attached hydrogens (tertiary/aromatic N) is 1. The fourth-order valence-electron chi connectivity index (χ4n) is 3.18. The van der Waals surface area contributed by atoms with Crippen molar-refractivity contribution in [2.75, 3.05) is 19.8 Å². The molecular formula is C18H24FNO3. The molecule has 2 atom stereocenters. The summed E-state index contributed by atoms with van der Waals surface area (Å²) < 4.78 is 25.1. The van der Waals surface area contributed by atoms with Gasteiger partial charge in [0.05, 0.1) is 18.8 Å². The third-order valence-corrected chi connectivity index (χ3v) is 4.55. The molecule has 1 aromatic carbocycles. The van der Waals surface area contributed by atoms with E-state index in [0.717, 1.165) is 32.3 Å². The normalized spacial score (nSPS) is 22.1. The minimum Gasteiger partial charge on any atom is -0.376 e. The monoisotopic (exact) mass is 321 g/mol. The quantitative estimate of drug-likeness (QED) is 0.775. The summed E-state index contributed by atoms with van der Waals surface area (Å²) in [5.74, 6) is -0.333. The Morgan fingerprint density at radius 1 is 1.39 bits per heavy atom. The van der Waals surface area contributed by atoms with Gasteiger partial charge < -0.3 is 14.4 Å². The molecule has 0 N–H and O–H groups in total. The Balaban J connectivity index is 1.59. The predicted molar refractivity (Wildman–Crippen MR) is 84.5 cm³/mol. The van der Waals surface area contributed by atoms with Gasteiger partial charge in [0.2, 0.25) is 5.91 Å². The number of carbonyl (C=O) groups is 1. The lowest BCUT2D eigenvalue weighted by molar-refractivity contribution is -0.140. The van der Waals surface area contributed by atoms with Crippen LogP contribution in [0.25, 0.3) is 0 Å². The van der Waals surface area contributed by atoms with Gasteiger partial charge >= 0.3 is 0 Å². The number of hydrogen-bond donors (Lipinski definition) is 0. The Labute approximate surface area is 136 Å². The van der Waals surface area contributed by atoms with E-state index in [1.54, 1.807) is 23.1 Å². The highest BCUT2D eigenvalue weighted by Gasteiger charge is 2.36. The van der Waals surface area contributed by atoms with Gasteiger partial charge in [-0.05, 0) is 38.7 Å². The van der Waals surface area contributed by atoms with Crippen molar-refractivity contribution in [2.45, 2.75) is 50.8 Å². The number of halogens is 1. The fraction of sp³-hybridized carbons (Fsp3) is 0.611. The standard InChI is InChI=1S/C18H24FNO3/c1-13(16-6-2-3-7-17(16)19)20(14-8-9-14)18(21)12-22-11-15-5-4-10-23-15/h2-3,6-7,13-15H,4-5,8-12H2,1H3/t13-,15-/m1/s1. The van der Waals surface area contributed by atoms with E-state index >= 15 is 0 Å². The summed E-state index contributed by atoms with van der Waals surface area (Å²) in [6, 6.07) is 6.59. The third kappa shape index (κ3) is 4.09. The minimum absolute atomic E-state index is 0.0369. The fourth-order valence-corrected chi connectivity index (χ4v) is 3.18. The number of hydrogen-bond acceptors (Lipinski definition) is 3. The Hall–Kier alpha value is -1.46. The van der Waals surface area contributed by atoms with Crippen molar-refractivity contribution in [3.05, 3.63) is 35.6 Å². The van der Waals surface area contributed by atoms with Crippen LogP contribution in [0.4, 0.5) is 4.39 Å². The van der Waals surface area contributed by atoms with Gasteiger partial charge in [0, 0.05) is 18.2 Å². The second-order valence-electron chi connectivity index (χ2n) is 6.38. The van der Waals surface area contributed by atoms with Gasteiger partial charge in [0.25, 0.3) is 0 Å². The Morgan fingerprint density at radius 3 is 2.83 bits per heavy atom. The van der Waals surface area contributed by atoms with Crippen LogP contribution in [-0.2, 0) is 14.3 Å². The SMILES string of the molecule is C[C@H](c1ccccc1F)N(C(=O)COC[C@H]1CCCO1)C1CC1. The summed E-state index contributed by atoms with van der Waals surface area (Å²) in [7, 11) is 0. The molecule has 2 aliphatic rings. The van der Waals surface area contributed by atoms with E-state index in [1.165, 1.54) is 6.07 Å². The van der Waals surface area contributed by atoms with Crippen molar-refractivity contribution in [3.63, 3.8) is 0 Å². The maximum atomic E-state index is 14.0. The van der Waals surface area contributed by atoms with Gasteiger partial charge in [-0.15, -0.1) is 0 Å². The molecule has 1 aliphatic heterocycles. The van der Waals surface area contributed by atoms with Crippen LogP contribution in [0.2, 0.25) is 0 Å². The largest absolute Gasteiger partial charge is 0.376 e. The van der Waals surface area contributed by atoms with Gasteiger partial charge in [-0.1, -0.05) is 18.2 Å². The lowest BCUT2D eigenvalue weighted by atomic mass is 10.1. The van der Waals surface area contributed by atoms with Gasteiger partial charge in [0.15, 0.2) is 0 Å². The molecule has 0 spiro atoms. The lowest BCUT2D eigenvalue weighted by Gasteiger charge is -2.30. The summed E-state index contributed by atoms with van der Waals surface area (Å²) in [6.07, 6.45) is 4.13. The molecule has 0 radical (unpaired) electrons. The molecule has 0 bridgehead atoms. The molecule has 1 heterocycles. The van der Waals surface area contributed by atoms with Gasteiger partial charge in [-0.2, -0.15) is 0 Å². The molecule has 0 unspecified atom stereocenters. The van der Waals surface area contributed by atoms with Crippen LogP contribution in [-0.4, -0.2) is 42.8 Å². The number of amides is 1. The van der Waals surface area contributed by atoms with Crippen molar-refractivity contribution in [1.29, 1.82) is 0 Å². The number of ether oxygens (including phenoxy) is 2. The van der Waals surface area contributed by atoms with E-state index in [0.29, 0.717) is 12.2 Å². The summed E-state index contributed by atoms with van der Waals surface area (Å²) in [5, 5.41) is 0. The van der Waals surface area contributed by atoms with E-state index in [-0.39, 0.29) is 36.5 Å². The Kier molecular flexibility index (Phi) is 5.28. The van der Waals surface area contributed by atoms with Crippen LogP contribution < -0.4 is 0 Å². The van der Waals surface area contributed by atoms with Crippen LogP contribution >= 0.6 is 0 Å². The van der Waals surface area contributed by atoms with Crippen molar-refractivity contribution < 1.29 is 18.7 Å². The van der Waals surface area contributed by atoms with Crippen LogP contribution in [0, 0.1) is 5.82 Å². The first-order chi connectivity index (χ1) is 11.2. The van der Waals surface area contributed by atoms with Gasteiger partial charge in [-0.25, -0.2) is 4.39 Å². The van der Waals surface area contributed by atoms with E-state index in [9.17, 15) is 9.18 Å². The molecule has 1 aromatic rings. The third-order valence-electron chi connectivity index (χ3n) is 4.55. The van der Waals surface area contributed by atoms with Crippen LogP contribution in [0.3, 0.4) is 0 Å². The van der Waals surface area contributed by atoms with Crippen LogP contribution in [0.5, 0.6) is 0 Å². The molecule has 5 heteroatoms. The second-order valence-corrected chi connectivity index (χ2v) is 6.38. The van der Waals surface area contributed by atoms with Crippen molar-refractivity contribution >= 4 is 5.91 Å².